The zero-order valence-electron chi connectivity index (χ0n) is 7.08. The summed E-state index contributed by atoms with van der Waals surface area (Å²) < 4.78 is 12.6. The molecule has 1 aromatic carbocycles. The maximum absolute atomic E-state index is 12.6. The molecule has 0 saturated heterocycles. The van der Waals surface area contributed by atoms with Gasteiger partial charge in [0.15, 0.2) is 0 Å². The van der Waals surface area contributed by atoms with Crippen LogP contribution in [0.5, 0.6) is 0 Å². The first-order chi connectivity index (χ1) is 6.66. The molecule has 1 aliphatic heterocycles. The quantitative estimate of drug-likeness (QED) is 0.668. The van der Waals surface area contributed by atoms with E-state index in [2.05, 4.69) is 5.32 Å². The van der Waals surface area contributed by atoms with Crippen LogP contribution in [-0.4, -0.2) is 11.8 Å². The summed E-state index contributed by atoms with van der Waals surface area (Å²) >= 11 is 0. The molecule has 2 amide bonds. The van der Waals surface area contributed by atoms with E-state index < -0.39 is 11.8 Å². The highest BCUT2D eigenvalue weighted by Gasteiger charge is 2.21. The molecule has 0 bridgehead atoms. The normalized spacial score (nSPS) is 15.4. The van der Waals surface area contributed by atoms with E-state index >= 15 is 0 Å². The van der Waals surface area contributed by atoms with E-state index in [4.69, 9.17) is 0 Å². The number of benzene rings is 1. The number of halogens is 1. The molecule has 1 heterocycles. The van der Waals surface area contributed by atoms with E-state index in [0.29, 0.717) is 5.56 Å². The van der Waals surface area contributed by atoms with Crippen LogP contribution < -0.4 is 5.32 Å². The first-order valence-electron chi connectivity index (χ1n) is 4.00. The summed E-state index contributed by atoms with van der Waals surface area (Å²) in [6.45, 7) is 0. The van der Waals surface area contributed by atoms with E-state index in [1.807, 2.05) is 0 Å². The molecule has 4 heteroatoms. The number of carbonyl (C=O) groups excluding carboxylic acids is 2. The fraction of sp³-hybridized carbons (Fsp3) is 0. The summed E-state index contributed by atoms with van der Waals surface area (Å²) in [4.78, 5) is 22.0. The summed E-state index contributed by atoms with van der Waals surface area (Å²) in [5.41, 5.74) is 0.810. The fourth-order valence-electron chi connectivity index (χ4n) is 1.26. The third-order valence-electron chi connectivity index (χ3n) is 1.91. The van der Waals surface area contributed by atoms with Crippen molar-refractivity contribution >= 4 is 17.4 Å². The summed E-state index contributed by atoms with van der Waals surface area (Å²) in [5.74, 6) is -1.25. The van der Waals surface area contributed by atoms with Crippen molar-refractivity contribution in [1.82, 2.24) is 5.32 Å². The molecule has 1 aromatic rings. The lowest BCUT2D eigenvalue weighted by Gasteiger charge is -1.98. The first-order valence-corrected chi connectivity index (χ1v) is 4.00. The smallest absolute Gasteiger partial charge is 0.258 e. The molecule has 3 nitrogen and oxygen atoms in total. The number of nitrogens with one attached hydrogen (secondary N) is 1. The second kappa shape index (κ2) is 3.06. The van der Waals surface area contributed by atoms with Gasteiger partial charge in [-0.3, -0.25) is 14.9 Å². The van der Waals surface area contributed by atoms with Gasteiger partial charge in [-0.15, -0.1) is 0 Å². The van der Waals surface area contributed by atoms with Crippen molar-refractivity contribution in [3.05, 3.63) is 41.7 Å². The molecule has 0 saturated carbocycles. The standard InChI is InChI=1S/C10H6FNO2/c11-7-3-1-6(2-4-7)8-5-9(13)12-10(8)14/h1-5H,(H,12,13,14)/i11-1. The van der Waals surface area contributed by atoms with Gasteiger partial charge in [0.05, 0.1) is 5.57 Å². The highest BCUT2D eigenvalue weighted by molar-refractivity contribution is 6.33. The topological polar surface area (TPSA) is 46.2 Å². The fourth-order valence-corrected chi connectivity index (χ4v) is 1.26. The largest absolute Gasteiger partial charge is 0.289 e. The molecule has 1 aliphatic rings. The minimum absolute atomic E-state index is 0.273. The Kier molecular flexibility index (Phi) is 1.89. The summed E-state index contributed by atoms with van der Waals surface area (Å²) in [6, 6.07) is 5.40. The monoisotopic (exact) mass is 190 g/mol. The molecule has 0 aliphatic carbocycles. The van der Waals surface area contributed by atoms with Gasteiger partial charge in [-0.1, -0.05) is 12.1 Å². The molecule has 0 unspecified atom stereocenters. The average molecular weight is 190 g/mol. The number of amides is 2. The van der Waals surface area contributed by atoms with Crippen LogP contribution in [0.2, 0.25) is 0 Å². The van der Waals surface area contributed by atoms with Crippen LogP contribution >= 0.6 is 0 Å². The molecule has 0 fully saturated rings. The van der Waals surface area contributed by atoms with Crippen LogP contribution in [0, 0.1) is 5.82 Å². The van der Waals surface area contributed by atoms with Crippen molar-refractivity contribution in [2.45, 2.75) is 0 Å². The van der Waals surface area contributed by atoms with E-state index in [1.165, 1.54) is 30.3 Å². The Hall–Kier alpha value is -1.97. The minimum atomic E-state index is -0.443. The molecule has 0 atom stereocenters. The van der Waals surface area contributed by atoms with Gasteiger partial charge in [0.1, 0.15) is 5.82 Å². The average Bonchev–Trinajstić information content (AvgIpc) is 2.47. The summed E-state index contributed by atoms with van der Waals surface area (Å²) in [6.07, 6.45) is 1.20. The Balaban J connectivity index is 2.41. The minimum Gasteiger partial charge on any atom is -0.289 e. The van der Waals surface area contributed by atoms with Gasteiger partial charge >= 0.3 is 0 Å². The lowest BCUT2D eigenvalue weighted by atomic mass is 10.1. The number of hydrogen-bond acceptors (Lipinski definition) is 2. The lowest BCUT2D eigenvalue weighted by molar-refractivity contribution is -0.123. The predicted molar refractivity (Wildman–Crippen MR) is 47.5 cm³/mol. The first kappa shape index (κ1) is 8.62. The van der Waals surface area contributed by atoms with Crippen LogP contribution in [0.1, 0.15) is 5.56 Å². The van der Waals surface area contributed by atoms with Crippen molar-refractivity contribution in [3.8, 4) is 0 Å². The van der Waals surface area contributed by atoms with Gasteiger partial charge in [0.2, 0.25) is 0 Å². The Morgan fingerprint density at radius 3 is 2.21 bits per heavy atom. The molecule has 0 aromatic heterocycles. The second-order valence-electron chi connectivity index (χ2n) is 2.88. The van der Waals surface area contributed by atoms with Crippen molar-refractivity contribution in [2.24, 2.45) is 0 Å². The third kappa shape index (κ3) is 1.42. The Morgan fingerprint density at radius 1 is 1.07 bits per heavy atom. The van der Waals surface area contributed by atoms with E-state index in [0.717, 1.165) is 0 Å². The van der Waals surface area contributed by atoms with Gasteiger partial charge in [0, 0.05) is 6.08 Å². The second-order valence-corrected chi connectivity index (χ2v) is 2.88. The van der Waals surface area contributed by atoms with Crippen molar-refractivity contribution in [3.63, 3.8) is 0 Å². The third-order valence-corrected chi connectivity index (χ3v) is 1.91. The lowest BCUT2D eigenvalue weighted by Crippen LogP contribution is -2.21. The Labute approximate surface area is 79.2 Å². The molecule has 14 heavy (non-hydrogen) atoms. The molecule has 2 rings (SSSR count). The number of carbonyl (C=O) groups is 2. The van der Waals surface area contributed by atoms with Gasteiger partial charge in [-0.05, 0) is 17.7 Å². The zero-order chi connectivity index (χ0) is 10.1. The molecule has 1 N–H and O–H groups in total. The van der Waals surface area contributed by atoms with Crippen LogP contribution in [0.3, 0.4) is 0 Å². The maximum Gasteiger partial charge on any atom is 0.258 e. The SMILES string of the molecule is O=C1C=C(c2ccc([18F])cc2)C(=O)N1. The summed E-state index contributed by atoms with van der Waals surface area (Å²) in [7, 11) is 0. The van der Waals surface area contributed by atoms with Gasteiger partial charge in [-0.25, -0.2) is 4.39 Å². The van der Waals surface area contributed by atoms with E-state index in [1.54, 1.807) is 0 Å². The number of imide groups is 1. The number of hydrogen-bond donors (Lipinski definition) is 1. The molecular formula is C10H6FNO2. The Bertz CT molecular complexity index is 434. The van der Waals surface area contributed by atoms with Crippen molar-refractivity contribution < 1.29 is 14.0 Å². The molecule has 70 valence electrons. The van der Waals surface area contributed by atoms with E-state index in [9.17, 15) is 14.0 Å². The van der Waals surface area contributed by atoms with Gasteiger partial charge in [-0.2, -0.15) is 0 Å². The summed E-state index contributed by atoms with van der Waals surface area (Å²) in [5, 5.41) is 2.12. The van der Waals surface area contributed by atoms with Crippen molar-refractivity contribution in [2.75, 3.05) is 0 Å². The van der Waals surface area contributed by atoms with Crippen LogP contribution in [0.4, 0.5) is 4.39 Å². The molecule has 0 radical (unpaired) electrons. The van der Waals surface area contributed by atoms with Crippen LogP contribution in [0.25, 0.3) is 5.57 Å². The molecular weight excluding hydrogens is 184 g/mol. The van der Waals surface area contributed by atoms with Crippen LogP contribution in [0.15, 0.2) is 30.3 Å². The molecule has 0 spiro atoms. The number of rotatable bonds is 1. The highest BCUT2D eigenvalue weighted by atomic mass is 18.2. The van der Waals surface area contributed by atoms with Gasteiger partial charge < -0.3 is 0 Å². The zero-order valence-corrected chi connectivity index (χ0v) is 7.08. The maximum atomic E-state index is 12.6. The Morgan fingerprint density at radius 2 is 1.71 bits per heavy atom. The van der Waals surface area contributed by atoms with Crippen molar-refractivity contribution in [1.29, 1.82) is 0 Å². The van der Waals surface area contributed by atoms with Crippen LogP contribution in [-0.2, 0) is 9.59 Å². The van der Waals surface area contributed by atoms with Gasteiger partial charge in [0.25, 0.3) is 11.8 Å². The predicted octanol–water partition coefficient (Wildman–Crippen LogP) is 0.865. The highest BCUT2D eigenvalue weighted by Crippen LogP contribution is 2.17. The van der Waals surface area contributed by atoms with E-state index in [-0.39, 0.29) is 11.4 Å².